The lowest BCUT2D eigenvalue weighted by atomic mass is 10.0. The third kappa shape index (κ3) is 2.83. The number of benzene rings is 1. The molecule has 1 heterocycles. The maximum atomic E-state index is 13.1. The lowest BCUT2D eigenvalue weighted by molar-refractivity contribution is 0.0931. The highest BCUT2D eigenvalue weighted by Gasteiger charge is 2.15. The first-order valence-electron chi connectivity index (χ1n) is 5.82. The number of carbonyl (C=O) groups excluding carboxylic acids is 1. The van der Waals surface area contributed by atoms with Gasteiger partial charge < -0.3 is 4.52 Å². The van der Waals surface area contributed by atoms with Gasteiger partial charge in [0.2, 0.25) is 11.5 Å². The van der Waals surface area contributed by atoms with Gasteiger partial charge in [-0.15, -0.1) is 0 Å². The molecule has 0 aliphatic heterocycles. The van der Waals surface area contributed by atoms with Gasteiger partial charge in [-0.25, -0.2) is 4.39 Å². The maximum absolute atomic E-state index is 13.1. The largest absolute Gasteiger partial charge is 0.352 e. The van der Waals surface area contributed by atoms with Crippen LogP contribution in [0.5, 0.6) is 0 Å². The Morgan fingerprint density at radius 2 is 2.17 bits per heavy atom. The van der Waals surface area contributed by atoms with E-state index >= 15 is 0 Å². The van der Waals surface area contributed by atoms with Gasteiger partial charge in [0.25, 0.3) is 0 Å². The first-order valence-corrected chi connectivity index (χ1v) is 5.82. The maximum Gasteiger partial charge on any atom is 0.203 e. The molecule has 2 rings (SSSR count). The molecule has 94 valence electrons. The molecular formula is C14H14FNO2. The second-order valence-electron chi connectivity index (χ2n) is 4.61. The molecule has 0 aliphatic rings. The summed E-state index contributed by atoms with van der Waals surface area (Å²) in [6.07, 6.45) is 0.414. The Kier molecular flexibility index (Phi) is 3.55. The van der Waals surface area contributed by atoms with Crippen LogP contribution in [0.3, 0.4) is 0 Å². The third-order valence-corrected chi connectivity index (χ3v) is 2.50. The van der Waals surface area contributed by atoms with Crippen LogP contribution in [0.1, 0.15) is 30.8 Å². The van der Waals surface area contributed by atoms with Crippen LogP contribution in [0.25, 0.3) is 11.3 Å². The van der Waals surface area contributed by atoms with E-state index in [4.69, 9.17) is 4.52 Å². The van der Waals surface area contributed by atoms with Crippen molar-refractivity contribution in [2.75, 3.05) is 0 Å². The number of Topliss-reactive ketones (excluding diaryl/α,β-unsaturated/α-hetero) is 1. The second kappa shape index (κ2) is 5.12. The summed E-state index contributed by atoms with van der Waals surface area (Å²) in [6, 6.07) is 7.58. The minimum absolute atomic E-state index is 0.0832. The quantitative estimate of drug-likeness (QED) is 0.773. The molecule has 0 bridgehead atoms. The van der Waals surface area contributed by atoms with Crippen molar-refractivity contribution in [3.8, 4) is 11.3 Å². The topological polar surface area (TPSA) is 43.1 Å². The van der Waals surface area contributed by atoms with E-state index in [0.717, 1.165) is 0 Å². The van der Waals surface area contributed by atoms with Gasteiger partial charge in [-0.05, 0) is 18.1 Å². The molecule has 4 heteroatoms. The van der Waals surface area contributed by atoms with Gasteiger partial charge >= 0.3 is 0 Å². The zero-order chi connectivity index (χ0) is 13.1. The lowest BCUT2D eigenvalue weighted by Crippen LogP contribution is -2.01. The number of carbonyl (C=O) groups is 1. The highest BCUT2D eigenvalue weighted by atomic mass is 19.1. The SMILES string of the molecule is CC(C)CC(=O)c1cc(-c2cccc(F)c2)no1. The predicted molar refractivity (Wildman–Crippen MR) is 65.7 cm³/mol. The Hall–Kier alpha value is -1.97. The van der Waals surface area contributed by atoms with Crippen LogP contribution in [0.15, 0.2) is 34.9 Å². The van der Waals surface area contributed by atoms with Crippen molar-refractivity contribution < 1.29 is 13.7 Å². The molecule has 0 aliphatic carbocycles. The van der Waals surface area contributed by atoms with Crippen molar-refractivity contribution >= 4 is 5.78 Å². The first kappa shape index (κ1) is 12.5. The van der Waals surface area contributed by atoms with Gasteiger partial charge in [0.05, 0.1) is 0 Å². The molecule has 3 nitrogen and oxygen atoms in total. The zero-order valence-corrected chi connectivity index (χ0v) is 10.3. The normalized spacial score (nSPS) is 10.9. The minimum Gasteiger partial charge on any atom is -0.352 e. The molecule has 0 fully saturated rings. The summed E-state index contributed by atoms with van der Waals surface area (Å²) in [6.45, 7) is 3.92. The molecule has 0 saturated carbocycles. The molecule has 0 unspecified atom stereocenters. The van der Waals surface area contributed by atoms with Crippen molar-refractivity contribution in [3.05, 3.63) is 41.9 Å². The Bertz CT molecular complexity index is 560. The van der Waals surface area contributed by atoms with Crippen LogP contribution in [0, 0.1) is 11.7 Å². The fraction of sp³-hybridized carbons (Fsp3) is 0.286. The van der Waals surface area contributed by atoms with E-state index in [1.807, 2.05) is 13.8 Å². The monoisotopic (exact) mass is 247 g/mol. The smallest absolute Gasteiger partial charge is 0.203 e. The van der Waals surface area contributed by atoms with E-state index in [1.54, 1.807) is 18.2 Å². The van der Waals surface area contributed by atoms with E-state index in [0.29, 0.717) is 17.7 Å². The summed E-state index contributed by atoms with van der Waals surface area (Å²) < 4.78 is 18.1. The van der Waals surface area contributed by atoms with Gasteiger partial charge in [-0.2, -0.15) is 0 Å². The van der Waals surface area contributed by atoms with Crippen LogP contribution in [0.2, 0.25) is 0 Å². The number of ketones is 1. The van der Waals surface area contributed by atoms with Crippen molar-refractivity contribution in [2.24, 2.45) is 5.92 Å². The molecule has 1 aromatic carbocycles. The highest BCUT2D eigenvalue weighted by Crippen LogP contribution is 2.21. The number of hydrogen-bond acceptors (Lipinski definition) is 3. The second-order valence-corrected chi connectivity index (χ2v) is 4.61. The molecule has 0 radical (unpaired) electrons. The van der Waals surface area contributed by atoms with Gasteiger partial charge in [0.15, 0.2) is 0 Å². The molecule has 2 aromatic rings. The average Bonchev–Trinajstić information content (AvgIpc) is 2.77. The van der Waals surface area contributed by atoms with E-state index in [2.05, 4.69) is 5.16 Å². The molecule has 0 amide bonds. The summed E-state index contributed by atoms with van der Waals surface area (Å²) in [5, 5.41) is 3.79. The summed E-state index contributed by atoms with van der Waals surface area (Å²) in [5.41, 5.74) is 1.07. The van der Waals surface area contributed by atoms with Crippen LogP contribution in [-0.2, 0) is 0 Å². The predicted octanol–water partition coefficient (Wildman–Crippen LogP) is 3.71. The van der Waals surface area contributed by atoms with Crippen molar-refractivity contribution in [1.29, 1.82) is 0 Å². The van der Waals surface area contributed by atoms with E-state index in [1.165, 1.54) is 12.1 Å². The first-order chi connectivity index (χ1) is 8.56. The van der Waals surface area contributed by atoms with Gasteiger partial charge in [0.1, 0.15) is 11.5 Å². The molecule has 1 aromatic heterocycles. The van der Waals surface area contributed by atoms with Gasteiger partial charge in [-0.3, -0.25) is 4.79 Å². The summed E-state index contributed by atoms with van der Waals surface area (Å²) in [4.78, 5) is 11.8. The van der Waals surface area contributed by atoms with E-state index < -0.39 is 0 Å². The molecule has 0 saturated heterocycles. The van der Waals surface area contributed by atoms with Crippen LogP contribution < -0.4 is 0 Å². The van der Waals surface area contributed by atoms with Gasteiger partial charge in [-0.1, -0.05) is 31.1 Å². The van der Waals surface area contributed by atoms with Crippen LogP contribution >= 0.6 is 0 Å². The van der Waals surface area contributed by atoms with Gasteiger partial charge in [0, 0.05) is 18.1 Å². The highest BCUT2D eigenvalue weighted by molar-refractivity contribution is 5.94. The number of nitrogens with zero attached hydrogens (tertiary/aromatic N) is 1. The Balaban J connectivity index is 2.23. The molecular weight excluding hydrogens is 233 g/mol. The Morgan fingerprint density at radius 1 is 1.39 bits per heavy atom. The number of halogens is 1. The molecule has 18 heavy (non-hydrogen) atoms. The van der Waals surface area contributed by atoms with E-state index in [9.17, 15) is 9.18 Å². The fourth-order valence-corrected chi connectivity index (χ4v) is 1.66. The molecule has 0 atom stereocenters. The summed E-state index contributed by atoms with van der Waals surface area (Å²) in [7, 11) is 0. The van der Waals surface area contributed by atoms with Crippen LogP contribution in [-0.4, -0.2) is 10.9 Å². The van der Waals surface area contributed by atoms with Crippen LogP contribution in [0.4, 0.5) is 4.39 Å². The standard InChI is InChI=1S/C14H14FNO2/c1-9(2)6-13(17)14-8-12(16-18-14)10-4-3-5-11(15)7-10/h3-5,7-9H,6H2,1-2H3. The Labute approximate surface area is 105 Å². The third-order valence-electron chi connectivity index (χ3n) is 2.50. The summed E-state index contributed by atoms with van der Waals surface area (Å²) in [5.74, 6) is 0.0638. The van der Waals surface area contributed by atoms with E-state index in [-0.39, 0.29) is 23.3 Å². The van der Waals surface area contributed by atoms with Crippen molar-refractivity contribution in [3.63, 3.8) is 0 Å². The zero-order valence-electron chi connectivity index (χ0n) is 10.3. The average molecular weight is 247 g/mol. The van der Waals surface area contributed by atoms with Crippen molar-refractivity contribution in [2.45, 2.75) is 20.3 Å². The summed E-state index contributed by atoms with van der Waals surface area (Å²) >= 11 is 0. The molecule has 0 spiro atoms. The fourth-order valence-electron chi connectivity index (χ4n) is 1.66. The number of rotatable bonds is 4. The number of aromatic nitrogens is 1. The number of hydrogen-bond donors (Lipinski definition) is 0. The Morgan fingerprint density at radius 3 is 2.83 bits per heavy atom. The van der Waals surface area contributed by atoms with Crippen molar-refractivity contribution in [1.82, 2.24) is 5.16 Å². The lowest BCUT2D eigenvalue weighted by Gasteiger charge is -1.98. The minimum atomic E-state index is -0.342. The molecule has 0 N–H and O–H groups in total.